The van der Waals surface area contributed by atoms with E-state index >= 15 is 0 Å². The first kappa shape index (κ1) is 22.3. The monoisotopic (exact) mass is 437 g/mol. The number of nitrogens with zero attached hydrogens (tertiary/aromatic N) is 1. The van der Waals surface area contributed by atoms with Gasteiger partial charge in [0.2, 0.25) is 12.7 Å². The summed E-state index contributed by atoms with van der Waals surface area (Å²) in [7, 11) is 0. The summed E-state index contributed by atoms with van der Waals surface area (Å²) < 4.78 is 51.5. The Morgan fingerprint density at radius 3 is 2.50 bits per heavy atom. The van der Waals surface area contributed by atoms with Crippen molar-refractivity contribution >= 4 is 29.2 Å². The lowest BCUT2D eigenvalue weighted by Crippen LogP contribution is -2.46. The molecule has 2 unspecified atom stereocenters. The highest BCUT2D eigenvalue weighted by Gasteiger charge is 2.59. The maximum Gasteiger partial charge on any atom is 0.422 e. The zero-order valence-electron chi connectivity index (χ0n) is 14.8. The van der Waals surface area contributed by atoms with Crippen LogP contribution >= 0.6 is 23.2 Å². The highest BCUT2D eigenvalue weighted by atomic mass is 35.5. The summed E-state index contributed by atoms with van der Waals surface area (Å²) in [6, 6.07) is 5.96. The van der Waals surface area contributed by atoms with Gasteiger partial charge in [-0.15, -0.1) is 0 Å². The molecule has 1 aromatic heterocycles. The number of carbonyl (C=O) groups excluding carboxylic acids is 1. The number of ether oxygens (including phenoxy) is 2. The lowest BCUT2D eigenvalue weighted by Gasteiger charge is -2.37. The number of benzene rings is 1. The lowest BCUT2D eigenvalue weighted by molar-refractivity contribution is -0.274. The van der Waals surface area contributed by atoms with Crippen molar-refractivity contribution in [1.29, 1.82) is 0 Å². The van der Waals surface area contributed by atoms with Gasteiger partial charge in [-0.2, -0.15) is 13.2 Å². The lowest BCUT2D eigenvalue weighted by atomic mass is 9.78. The van der Waals surface area contributed by atoms with Gasteiger partial charge in [0.05, 0.1) is 0 Å². The van der Waals surface area contributed by atoms with Gasteiger partial charge in [0, 0.05) is 40.7 Å². The van der Waals surface area contributed by atoms with Gasteiger partial charge in [-0.1, -0.05) is 36.2 Å². The SMILES string of the molecule is CC(=O)OCOc1cc(C(O)(C(C)c2ccc(Cl)cc2Cl)C(F)(F)F)ccn1. The van der Waals surface area contributed by atoms with Crippen molar-refractivity contribution in [3.05, 3.63) is 57.7 Å². The molecule has 0 spiro atoms. The van der Waals surface area contributed by atoms with Crippen LogP contribution in [0.25, 0.3) is 0 Å². The molecule has 1 aromatic carbocycles. The number of rotatable bonds is 6. The first-order valence-electron chi connectivity index (χ1n) is 7.93. The number of hydrogen-bond acceptors (Lipinski definition) is 5. The van der Waals surface area contributed by atoms with E-state index in [0.717, 1.165) is 25.3 Å². The Bertz CT molecular complexity index is 863. The van der Waals surface area contributed by atoms with E-state index in [1.54, 1.807) is 0 Å². The molecular formula is C18H16Cl2F3NO4. The van der Waals surface area contributed by atoms with Crippen molar-refractivity contribution < 1.29 is 32.5 Å². The summed E-state index contributed by atoms with van der Waals surface area (Å²) >= 11 is 11.9. The van der Waals surface area contributed by atoms with Gasteiger partial charge in [0.15, 0.2) is 5.60 Å². The minimum absolute atomic E-state index is 0.0111. The van der Waals surface area contributed by atoms with Crippen molar-refractivity contribution in [2.45, 2.75) is 31.5 Å². The topological polar surface area (TPSA) is 68.7 Å². The second kappa shape index (κ2) is 8.55. The minimum Gasteiger partial charge on any atom is -0.440 e. The Kier molecular flexibility index (Phi) is 6.80. The maximum absolute atomic E-state index is 14.0. The fourth-order valence-corrected chi connectivity index (χ4v) is 3.21. The van der Waals surface area contributed by atoms with E-state index < -0.39 is 36.0 Å². The fraction of sp³-hybridized carbons (Fsp3) is 0.333. The molecule has 1 N–H and O–H groups in total. The van der Waals surface area contributed by atoms with Gasteiger partial charge < -0.3 is 14.6 Å². The summed E-state index contributed by atoms with van der Waals surface area (Å²) in [5.74, 6) is -2.37. The largest absolute Gasteiger partial charge is 0.440 e. The average molecular weight is 438 g/mol. The van der Waals surface area contributed by atoms with Crippen molar-refractivity contribution in [1.82, 2.24) is 4.98 Å². The van der Waals surface area contributed by atoms with Crippen molar-refractivity contribution in [2.24, 2.45) is 0 Å². The normalized spacial score (nSPS) is 14.9. The van der Waals surface area contributed by atoms with Gasteiger partial charge in [-0.25, -0.2) is 4.98 Å². The number of carbonyl (C=O) groups is 1. The molecule has 152 valence electrons. The Balaban J connectivity index is 2.46. The van der Waals surface area contributed by atoms with Gasteiger partial charge in [0.1, 0.15) is 0 Å². The molecule has 10 heteroatoms. The van der Waals surface area contributed by atoms with Gasteiger partial charge >= 0.3 is 12.1 Å². The molecule has 5 nitrogen and oxygen atoms in total. The van der Waals surface area contributed by atoms with E-state index in [4.69, 9.17) is 27.9 Å². The van der Waals surface area contributed by atoms with Crippen LogP contribution in [-0.4, -0.2) is 29.0 Å². The number of pyridine rings is 1. The molecule has 0 saturated heterocycles. The van der Waals surface area contributed by atoms with Crippen molar-refractivity contribution in [3.63, 3.8) is 0 Å². The second-order valence-corrected chi connectivity index (χ2v) is 6.78. The fourth-order valence-electron chi connectivity index (χ4n) is 2.64. The van der Waals surface area contributed by atoms with Crippen LogP contribution in [0.2, 0.25) is 10.0 Å². The average Bonchev–Trinajstić information content (AvgIpc) is 2.59. The summed E-state index contributed by atoms with van der Waals surface area (Å²) in [5.41, 5.74) is -3.75. The molecule has 0 aliphatic heterocycles. The highest BCUT2D eigenvalue weighted by molar-refractivity contribution is 6.35. The van der Waals surface area contributed by atoms with E-state index in [-0.39, 0.29) is 21.5 Å². The predicted molar refractivity (Wildman–Crippen MR) is 96.3 cm³/mol. The van der Waals surface area contributed by atoms with E-state index in [1.165, 1.54) is 25.1 Å². The first-order chi connectivity index (χ1) is 13.0. The van der Waals surface area contributed by atoms with E-state index in [1.807, 2.05) is 0 Å². The van der Waals surface area contributed by atoms with Crippen LogP contribution in [0.4, 0.5) is 13.2 Å². The number of hydrogen-bond donors (Lipinski definition) is 1. The quantitative estimate of drug-likeness (QED) is 0.517. The van der Waals surface area contributed by atoms with Crippen LogP contribution in [-0.2, 0) is 15.1 Å². The van der Waals surface area contributed by atoms with Crippen LogP contribution < -0.4 is 4.74 Å². The number of aliphatic hydroxyl groups is 1. The number of alkyl halides is 3. The molecule has 0 saturated carbocycles. The third kappa shape index (κ3) is 4.68. The van der Waals surface area contributed by atoms with Crippen LogP contribution in [0.15, 0.2) is 36.5 Å². The summed E-state index contributed by atoms with van der Waals surface area (Å²) in [4.78, 5) is 14.5. The molecule has 2 rings (SSSR count). The smallest absolute Gasteiger partial charge is 0.422 e. The third-order valence-electron chi connectivity index (χ3n) is 4.13. The summed E-state index contributed by atoms with van der Waals surface area (Å²) in [6.07, 6.45) is -4.00. The Morgan fingerprint density at radius 1 is 1.25 bits per heavy atom. The molecule has 2 atom stereocenters. The van der Waals surface area contributed by atoms with E-state index in [2.05, 4.69) is 9.72 Å². The molecule has 0 radical (unpaired) electrons. The second-order valence-electron chi connectivity index (χ2n) is 5.93. The van der Waals surface area contributed by atoms with Gasteiger partial charge in [-0.3, -0.25) is 4.79 Å². The molecule has 0 aliphatic carbocycles. The number of halogens is 5. The molecule has 0 bridgehead atoms. The molecule has 1 heterocycles. The van der Waals surface area contributed by atoms with Crippen LogP contribution in [0.5, 0.6) is 5.88 Å². The van der Waals surface area contributed by atoms with Crippen molar-refractivity contribution in [3.8, 4) is 5.88 Å². The highest BCUT2D eigenvalue weighted by Crippen LogP contribution is 2.50. The third-order valence-corrected chi connectivity index (χ3v) is 4.69. The molecule has 0 amide bonds. The molecule has 28 heavy (non-hydrogen) atoms. The molecule has 0 aliphatic rings. The Labute approximate surface area is 169 Å². The minimum atomic E-state index is -5.05. The van der Waals surface area contributed by atoms with E-state index in [0.29, 0.717) is 0 Å². The first-order valence-corrected chi connectivity index (χ1v) is 8.69. The summed E-state index contributed by atoms with van der Waals surface area (Å²) in [5, 5.41) is 11.0. The van der Waals surface area contributed by atoms with E-state index in [9.17, 15) is 23.1 Å². The van der Waals surface area contributed by atoms with Crippen LogP contribution in [0.3, 0.4) is 0 Å². The van der Waals surface area contributed by atoms with Crippen LogP contribution in [0.1, 0.15) is 30.9 Å². The Hall–Kier alpha value is -2.03. The standard InChI is InChI=1S/C18H16Cl2F3NO4/c1-10(14-4-3-13(19)8-15(14)20)17(26,18(21,22)23)12-5-6-24-16(7-12)28-9-27-11(2)25/h3-8,10,26H,9H2,1-2H3. The predicted octanol–water partition coefficient (Wildman–Crippen LogP) is 4.84. The van der Waals surface area contributed by atoms with Gasteiger partial charge in [0.25, 0.3) is 0 Å². The van der Waals surface area contributed by atoms with Crippen LogP contribution in [0, 0.1) is 0 Å². The molecule has 0 fully saturated rings. The van der Waals surface area contributed by atoms with Crippen molar-refractivity contribution in [2.75, 3.05) is 6.79 Å². The zero-order valence-corrected chi connectivity index (χ0v) is 16.3. The Morgan fingerprint density at radius 2 is 1.93 bits per heavy atom. The maximum atomic E-state index is 14.0. The molecular weight excluding hydrogens is 422 g/mol. The molecule has 2 aromatic rings. The van der Waals surface area contributed by atoms with Gasteiger partial charge in [-0.05, 0) is 23.8 Å². The number of aromatic nitrogens is 1. The number of esters is 1. The zero-order chi connectivity index (χ0) is 21.1. The summed E-state index contributed by atoms with van der Waals surface area (Å²) in [6.45, 7) is 1.81.